The summed E-state index contributed by atoms with van der Waals surface area (Å²) in [5.74, 6) is 0.718. The molecule has 0 radical (unpaired) electrons. The molecule has 3 nitrogen and oxygen atoms in total. The van der Waals surface area contributed by atoms with Crippen molar-refractivity contribution in [3.8, 4) is 0 Å². The molecule has 0 aromatic carbocycles. The average molecular weight is 238 g/mol. The molecule has 2 unspecified atom stereocenters. The van der Waals surface area contributed by atoms with E-state index in [1.807, 2.05) is 0 Å². The van der Waals surface area contributed by atoms with Gasteiger partial charge in [0.15, 0.2) is 11.9 Å². The Bertz CT molecular complexity index is 337. The zero-order valence-corrected chi connectivity index (χ0v) is 12.2. The third-order valence-electron chi connectivity index (χ3n) is 4.79. The molecule has 2 atom stereocenters. The second-order valence-corrected chi connectivity index (χ2v) is 5.49. The second-order valence-electron chi connectivity index (χ2n) is 5.49. The Balaban J connectivity index is 3.17. The van der Waals surface area contributed by atoms with E-state index in [4.69, 9.17) is 10.7 Å². The molecule has 1 aliphatic heterocycles. The fourth-order valence-corrected chi connectivity index (χ4v) is 2.76. The minimum Gasteiger partial charge on any atom is -0.379 e. The van der Waals surface area contributed by atoms with Crippen LogP contribution in [0.2, 0.25) is 0 Å². The third-order valence-corrected chi connectivity index (χ3v) is 4.79. The van der Waals surface area contributed by atoms with Gasteiger partial charge in [0.05, 0.1) is 0 Å². The van der Waals surface area contributed by atoms with Gasteiger partial charge in [0, 0.05) is 13.3 Å². The first-order chi connectivity index (χ1) is 7.91. The van der Waals surface area contributed by atoms with Crippen molar-refractivity contribution in [1.29, 1.82) is 0 Å². The predicted molar refractivity (Wildman–Crippen MR) is 75.0 cm³/mol. The molecule has 0 spiro atoms. The average Bonchev–Trinajstić information content (AvgIpc) is 2.34. The Hall–Kier alpha value is -0.860. The van der Waals surface area contributed by atoms with Crippen molar-refractivity contribution in [2.24, 2.45) is 16.1 Å². The van der Waals surface area contributed by atoms with Gasteiger partial charge in [-0.1, -0.05) is 27.7 Å². The molecule has 0 saturated carbocycles. The van der Waals surface area contributed by atoms with E-state index in [0.717, 1.165) is 30.8 Å². The first kappa shape index (κ1) is 14.2. The minimum absolute atomic E-state index is 0.250. The molecule has 0 amide bonds. The molecule has 17 heavy (non-hydrogen) atoms. The van der Waals surface area contributed by atoms with E-state index in [0.29, 0.717) is 12.1 Å². The lowest BCUT2D eigenvalue weighted by atomic mass is 9.73. The Morgan fingerprint density at radius 2 is 1.82 bits per heavy atom. The molecule has 1 rings (SSSR count). The van der Waals surface area contributed by atoms with Gasteiger partial charge in [-0.05, 0) is 18.3 Å². The first-order valence-electron chi connectivity index (χ1n) is 6.81. The lowest BCUT2D eigenvalue weighted by molar-refractivity contribution is -0.545. The molecule has 1 heterocycles. The molecule has 1 aliphatic rings. The van der Waals surface area contributed by atoms with E-state index in [1.54, 1.807) is 0 Å². The van der Waals surface area contributed by atoms with Crippen LogP contribution in [0.4, 0.5) is 0 Å². The summed E-state index contributed by atoms with van der Waals surface area (Å²) in [4.78, 5) is 4.80. The van der Waals surface area contributed by atoms with E-state index >= 15 is 0 Å². The smallest absolute Gasteiger partial charge is 0.215 e. The van der Waals surface area contributed by atoms with E-state index < -0.39 is 0 Å². The Labute approximate surface area is 106 Å². The van der Waals surface area contributed by atoms with Gasteiger partial charge in [-0.2, -0.15) is 0 Å². The molecule has 2 N–H and O–H groups in total. The summed E-state index contributed by atoms with van der Waals surface area (Å²) in [5, 5.41) is 0. The van der Waals surface area contributed by atoms with Crippen molar-refractivity contribution in [1.82, 2.24) is 0 Å². The minimum atomic E-state index is 0.250. The van der Waals surface area contributed by atoms with Gasteiger partial charge >= 0.3 is 0 Å². The summed E-state index contributed by atoms with van der Waals surface area (Å²) < 4.78 is 2.32. The van der Waals surface area contributed by atoms with Crippen molar-refractivity contribution in [3.05, 3.63) is 0 Å². The number of hydrogen-bond acceptors (Lipinski definition) is 2. The topological polar surface area (TPSA) is 41.4 Å². The lowest BCUT2D eigenvalue weighted by Crippen LogP contribution is -2.52. The molecule has 3 heteroatoms. The predicted octanol–water partition coefficient (Wildman–Crippen LogP) is 2.43. The maximum absolute atomic E-state index is 6.05. The molecule has 0 saturated heterocycles. The molecule has 0 aliphatic carbocycles. The number of nitrogens with two attached hydrogens (primary N) is 1. The summed E-state index contributed by atoms with van der Waals surface area (Å²) >= 11 is 0. The van der Waals surface area contributed by atoms with Gasteiger partial charge in [0.25, 0.3) is 0 Å². The Morgan fingerprint density at radius 1 is 1.29 bits per heavy atom. The highest BCUT2D eigenvalue weighted by molar-refractivity contribution is 6.38. The van der Waals surface area contributed by atoms with Crippen molar-refractivity contribution in [2.75, 3.05) is 7.05 Å². The highest BCUT2D eigenvalue weighted by Crippen LogP contribution is 2.36. The number of nitrogens with zero attached hydrogens (tertiary/aromatic N) is 2. The fourth-order valence-electron chi connectivity index (χ4n) is 2.76. The van der Waals surface area contributed by atoms with Crippen LogP contribution in [0.25, 0.3) is 0 Å². The van der Waals surface area contributed by atoms with E-state index in [9.17, 15) is 0 Å². The first-order valence-corrected chi connectivity index (χ1v) is 6.81. The molecular formula is C14H28N3+. The summed E-state index contributed by atoms with van der Waals surface area (Å²) in [6, 6.07) is 0.795. The molecule has 0 aromatic heterocycles. The third kappa shape index (κ3) is 2.38. The number of aliphatic imine (C=N–C) groups is 1. The molecule has 0 aromatic rings. The van der Waals surface area contributed by atoms with E-state index in [1.165, 1.54) is 0 Å². The normalized spacial score (nSPS) is 26.1. The van der Waals surface area contributed by atoms with Crippen LogP contribution >= 0.6 is 0 Å². The van der Waals surface area contributed by atoms with E-state index in [-0.39, 0.29) is 5.41 Å². The molecular weight excluding hydrogens is 210 g/mol. The largest absolute Gasteiger partial charge is 0.379 e. The molecule has 0 bridgehead atoms. The number of hydrogen-bond donors (Lipinski definition) is 1. The molecule has 0 fully saturated rings. The number of likely N-dealkylation sites (N-methyl/N-ethyl adjacent to an activating group) is 1. The Morgan fingerprint density at radius 3 is 2.24 bits per heavy atom. The van der Waals surface area contributed by atoms with Crippen LogP contribution < -0.4 is 5.73 Å². The van der Waals surface area contributed by atoms with Crippen LogP contribution in [0.5, 0.6) is 0 Å². The zero-order chi connectivity index (χ0) is 13.2. The van der Waals surface area contributed by atoms with Gasteiger partial charge in [0.2, 0.25) is 5.71 Å². The van der Waals surface area contributed by atoms with Crippen molar-refractivity contribution in [3.63, 3.8) is 0 Å². The maximum atomic E-state index is 6.05. The summed E-state index contributed by atoms with van der Waals surface area (Å²) in [6.07, 6.45) is 3.41. The zero-order valence-electron chi connectivity index (χ0n) is 12.2. The van der Waals surface area contributed by atoms with Gasteiger partial charge in [-0.15, -0.1) is 0 Å². The van der Waals surface area contributed by atoms with E-state index in [2.05, 4.69) is 46.2 Å². The van der Waals surface area contributed by atoms with Crippen LogP contribution in [-0.4, -0.2) is 35.3 Å². The van der Waals surface area contributed by atoms with Crippen molar-refractivity contribution >= 4 is 11.5 Å². The summed E-state index contributed by atoms with van der Waals surface area (Å²) in [7, 11) is 2.14. The number of amidine groups is 1. The van der Waals surface area contributed by atoms with Gasteiger partial charge in [0.1, 0.15) is 13.1 Å². The second kappa shape index (κ2) is 5.19. The van der Waals surface area contributed by atoms with Crippen molar-refractivity contribution in [2.45, 2.75) is 66.0 Å². The van der Waals surface area contributed by atoms with Crippen LogP contribution in [0.15, 0.2) is 4.99 Å². The van der Waals surface area contributed by atoms with Gasteiger partial charge in [-0.25, -0.2) is 4.58 Å². The highest BCUT2D eigenvalue weighted by Gasteiger charge is 2.43. The van der Waals surface area contributed by atoms with Gasteiger partial charge < -0.3 is 5.73 Å². The quantitative estimate of drug-likeness (QED) is 0.751. The van der Waals surface area contributed by atoms with Crippen LogP contribution in [-0.2, 0) is 0 Å². The van der Waals surface area contributed by atoms with Crippen molar-refractivity contribution < 1.29 is 4.58 Å². The standard InChI is InChI=1S/C14H28N3/c1-7-11-12(14(5,8-2)9-3)16-13(15)10(4)17(11)6/h11-12H,7-9H2,1-6H3,(H2,15,16)/q+1. The van der Waals surface area contributed by atoms with Gasteiger partial charge in [-0.3, -0.25) is 4.99 Å². The monoisotopic (exact) mass is 238 g/mol. The molecule has 98 valence electrons. The Kier molecular flexibility index (Phi) is 4.34. The lowest BCUT2D eigenvalue weighted by Gasteiger charge is -2.38. The summed E-state index contributed by atoms with van der Waals surface area (Å²) in [5.41, 5.74) is 7.42. The van der Waals surface area contributed by atoms with Crippen LogP contribution in [0.1, 0.15) is 53.9 Å². The highest BCUT2D eigenvalue weighted by atomic mass is 15.1. The van der Waals surface area contributed by atoms with Crippen LogP contribution in [0, 0.1) is 5.41 Å². The maximum Gasteiger partial charge on any atom is 0.215 e. The fraction of sp³-hybridized carbons (Fsp3) is 0.857. The van der Waals surface area contributed by atoms with Crippen LogP contribution in [0.3, 0.4) is 0 Å². The SMILES string of the molecule is CCC1C(C(C)(CC)CC)N=C(N)C(C)=[N+]1C. The summed E-state index contributed by atoms with van der Waals surface area (Å²) in [6.45, 7) is 11.2. The number of rotatable bonds is 4.